The summed E-state index contributed by atoms with van der Waals surface area (Å²) in [6.45, 7) is 1.77. The normalized spacial score (nSPS) is 10.2. The minimum Gasteiger partial charge on any atom is -0.507 e. The molecule has 19 heavy (non-hydrogen) atoms. The summed E-state index contributed by atoms with van der Waals surface area (Å²) in [5, 5.41) is 12.7. The van der Waals surface area contributed by atoms with Crippen LogP contribution in [0.5, 0.6) is 5.75 Å². The molecule has 0 saturated heterocycles. The van der Waals surface area contributed by atoms with Crippen LogP contribution in [0.2, 0.25) is 0 Å². The van der Waals surface area contributed by atoms with Crippen molar-refractivity contribution in [3.05, 3.63) is 53.6 Å². The van der Waals surface area contributed by atoms with Crippen LogP contribution in [0.1, 0.15) is 15.9 Å². The van der Waals surface area contributed by atoms with Gasteiger partial charge >= 0.3 is 0 Å². The van der Waals surface area contributed by atoms with Gasteiger partial charge in [0.25, 0.3) is 5.91 Å². The van der Waals surface area contributed by atoms with Gasteiger partial charge in [-0.3, -0.25) is 4.79 Å². The summed E-state index contributed by atoms with van der Waals surface area (Å²) in [6.07, 6.45) is 1.95. The molecule has 0 saturated carbocycles. The van der Waals surface area contributed by atoms with E-state index < -0.39 is 0 Å². The highest BCUT2D eigenvalue weighted by atomic mass is 32.2. The summed E-state index contributed by atoms with van der Waals surface area (Å²) >= 11 is 1.56. The minimum absolute atomic E-state index is 0.0293. The molecule has 0 spiro atoms. The Kier molecular flexibility index (Phi) is 4.12. The fourth-order valence-corrected chi connectivity index (χ4v) is 2.33. The van der Waals surface area contributed by atoms with Crippen molar-refractivity contribution in [1.82, 2.24) is 0 Å². The van der Waals surface area contributed by atoms with Gasteiger partial charge < -0.3 is 10.4 Å². The zero-order valence-electron chi connectivity index (χ0n) is 10.8. The maximum Gasteiger partial charge on any atom is 0.259 e. The standard InChI is InChI=1S/C15H15NO2S/c1-10-6-5-7-11(14(10)17)15(18)16-12-8-3-4-9-13(12)19-2/h3-9,17H,1-2H3,(H,16,18). The van der Waals surface area contributed by atoms with Crippen molar-refractivity contribution < 1.29 is 9.90 Å². The number of benzene rings is 2. The monoisotopic (exact) mass is 273 g/mol. The van der Waals surface area contributed by atoms with Crippen molar-refractivity contribution in [3.8, 4) is 5.75 Å². The van der Waals surface area contributed by atoms with E-state index in [0.717, 1.165) is 10.6 Å². The van der Waals surface area contributed by atoms with Gasteiger partial charge in [-0.2, -0.15) is 0 Å². The minimum atomic E-state index is -0.303. The molecule has 3 nitrogen and oxygen atoms in total. The third-order valence-electron chi connectivity index (χ3n) is 2.84. The van der Waals surface area contributed by atoms with Gasteiger partial charge in [0.15, 0.2) is 0 Å². The molecule has 0 fully saturated rings. The highest BCUT2D eigenvalue weighted by molar-refractivity contribution is 7.98. The van der Waals surface area contributed by atoms with Crippen molar-refractivity contribution in [2.45, 2.75) is 11.8 Å². The summed E-state index contributed by atoms with van der Waals surface area (Å²) < 4.78 is 0. The molecule has 98 valence electrons. The largest absolute Gasteiger partial charge is 0.507 e. The summed E-state index contributed by atoms with van der Waals surface area (Å²) in [5.74, 6) is -0.274. The number of hydrogen-bond acceptors (Lipinski definition) is 3. The number of nitrogens with one attached hydrogen (secondary N) is 1. The van der Waals surface area contributed by atoms with Crippen LogP contribution in [0.3, 0.4) is 0 Å². The van der Waals surface area contributed by atoms with E-state index in [4.69, 9.17) is 0 Å². The van der Waals surface area contributed by atoms with E-state index in [-0.39, 0.29) is 17.2 Å². The Labute approximate surface area is 116 Å². The van der Waals surface area contributed by atoms with Gasteiger partial charge in [-0.15, -0.1) is 11.8 Å². The summed E-state index contributed by atoms with van der Waals surface area (Å²) in [5.41, 5.74) is 1.72. The fourth-order valence-electron chi connectivity index (χ4n) is 1.78. The lowest BCUT2D eigenvalue weighted by Gasteiger charge is -2.10. The number of phenols is 1. The Bertz CT molecular complexity index is 611. The zero-order chi connectivity index (χ0) is 13.8. The molecule has 0 radical (unpaired) electrons. The molecule has 2 rings (SSSR count). The Morgan fingerprint density at radius 3 is 2.63 bits per heavy atom. The predicted octanol–water partition coefficient (Wildman–Crippen LogP) is 3.67. The maximum atomic E-state index is 12.2. The number of aromatic hydroxyl groups is 1. The smallest absolute Gasteiger partial charge is 0.259 e. The number of hydrogen-bond donors (Lipinski definition) is 2. The first-order valence-corrected chi connectivity index (χ1v) is 7.09. The Balaban J connectivity index is 2.28. The number of phenolic OH excluding ortho intramolecular Hbond substituents is 1. The molecule has 0 aromatic heterocycles. The van der Waals surface area contributed by atoms with E-state index in [1.165, 1.54) is 0 Å². The molecule has 0 atom stereocenters. The van der Waals surface area contributed by atoms with E-state index in [1.807, 2.05) is 30.5 Å². The molecule has 0 aliphatic rings. The Morgan fingerprint density at radius 2 is 1.89 bits per heavy atom. The van der Waals surface area contributed by atoms with E-state index in [2.05, 4.69) is 5.32 Å². The third-order valence-corrected chi connectivity index (χ3v) is 3.63. The van der Waals surface area contributed by atoms with E-state index >= 15 is 0 Å². The van der Waals surface area contributed by atoms with Crippen LogP contribution >= 0.6 is 11.8 Å². The molecule has 2 aromatic carbocycles. The Morgan fingerprint density at radius 1 is 1.16 bits per heavy atom. The maximum absolute atomic E-state index is 12.2. The van der Waals surface area contributed by atoms with Crippen LogP contribution in [0, 0.1) is 6.92 Å². The van der Waals surface area contributed by atoms with Crippen LogP contribution in [-0.2, 0) is 0 Å². The van der Waals surface area contributed by atoms with Crippen LogP contribution < -0.4 is 5.32 Å². The second kappa shape index (κ2) is 5.80. The van der Waals surface area contributed by atoms with Crippen molar-refractivity contribution in [2.24, 2.45) is 0 Å². The van der Waals surface area contributed by atoms with Gasteiger partial charge in [0.2, 0.25) is 0 Å². The second-order valence-electron chi connectivity index (χ2n) is 4.13. The van der Waals surface area contributed by atoms with Crippen LogP contribution in [-0.4, -0.2) is 17.3 Å². The molecule has 0 aliphatic heterocycles. The number of para-hydroxylation sites is 2. The first-order chi connectivity index (χ1) is 9.13. The van der Waals surface area contributed by atoms with Gasteiger partial charge in [-0.05, 0) is 36.9 Å². The summed E-state index contributed by atoms with van der Waals surface area (Å²) in [6, 6.07) is 12.7. The SMILES string of the molecule is CSc1ccccc1NC(=O)c1cccc(C)c1O. The predicted molar refractivity (Wildman–Crippen MR) is 79.0 cm³/mol. The fraction of sp³-hybridized carbons (Fsp3) is 0.133. The van der Waals surface area contributed by atoms with Gasteiger partial charge in [0.05, 0.1) is 11.3 Å². The highest BCUT2D eigenvalue weighted by Gasteiger charge is 2.13. The number of rotatable bonds is 3. The third kappa shape index (κ3) is 2.90. The second-order valence-corrected chi connectivity index (χ2v) is 4.97. The Hall–Kier alpha value is -1.94. The highest BCUT2D eigenvalue weighted by Crippen LogP contribution is 2.27. The lowest BCUT2D eigenvalue weighted by Crippen LogP contribution is -2.13. The molecule has 0 aliphatic carbocycles. The van der Waals surface area contributed by atoms with E-state index in [9.17, 15) is 9.90 Å². The van der Waals surface area contributed by atoms with Crippen molar-refractivity contribution in [2.75, 3.05) is 11.6 Å². The van der Waals surface area contributed by atoms with Crippen molar-refractivity contribution in [3.63, 3.8) is 0 Å². The number of carbonyl (C=O) groups excluding carboxylic acids is 1. The molecular formula is C15H15NO2S. The van der Waals surface area contributed by atoms with Gasteiger partial charge in [-0.25, -0.2) is 0 Å². The molecule has 4 heteroatoms. The van der Waals surface area contributed by atoms with Gasteiger partial charge in [0.1, 0.15) is 5.75 Å². The van der Waals surface area contributed by atoms with Gasteiger partial charge in [0, 0.05) is 4.90 Å². The lowest BCUT2D eigenvalue weighted by molar-refractivity contribution is 0.102. The molecule has 1 amide bonds. The molecule has 0 unspecified atom stereocenters. The van der Waals surface area contributed by atoms with Crippen LogP contribution in [0.15, 0.2) is 47.4 Å². The van der Waals surface area contributed by atoms with Crippen molar-refractivity contribution >= 4 is 23.4 Å². The van der Waals surface area contributed by atoms with Crippen LogP contribution in [0.25, 0.3) is 0 Å². The number of thioether (sulfide) groups is 1. The molecule has 0 heterocycles. The topological polar surface area (TPSA) is 49.3 Å². The van der Waals surface area contributed by atoms with E-state index in [0.29, 0.717) is 5.56 Å². The molecule has 2 N–H and O–H groups in total. The average molecular weight is 273 g/mol. The summed E-state index contributed by atoms with van der Waals surface area (Å²) in [4.78, 5) is 13.2. The van der Waals surface area contributed by atoms with E-state index in [1.54, 1.807) is 36.9 Å². The van der Waals surface area contributed by atoms with Gasteiger partial charge in [-0.1, -0.05) is 24.3 Å². The number of aryl methyl sites for hydroxylation is 1. The quantitative estimate of drug-likeness (QED) is 0.839. The zero-order valence-corrected chi connectivity index (χ0v) is 11.6. The number of carbonyl (C=O) groups is 1. The number of anilines is 1. The lowest BCUT2D eigenvalue weighted by atomic mass is 10.1. The molecule has 2 aromatic rings. The first-order valence-electron chi connectivity index (χ1n) is 5.86. The summed E-state index contributed by atoms with van der Waals surface area (Å²) in [7, 11) is 0. The van der Waals surface area contributed by atoms with Crippen LogP contribution in [0.4, 0.5) is 5.69 Å². The van der Waals surface area contributed by atoms with Crippen molar-refractivity contribution in [1.29, 1.82) is 0 Å². The average Bonchev–Trinajstić information content (AvgIpc) is 2.42. The number of amides is 1. The first kappa shape index (κ1) is 13.5. The molecule has 0 bridgehead atoms. The molecular weight excluding hydrogens is 258 g/mol.